The van der Waals surface area contributed by atoms with Crippen molar-refractivity contribution in [2.24, 2.45) is 5.92 Å². The fraction of sp³-hybridized carbons (Fsp3) is 0.889. The summed E-state index contributed by atoms with van der Waals surface area (Å²) < 4.78 is 5.13. The third-order valence-electron chi connectivity index (χ3n) is 3.14. The van der Waals surface area contributed by atoms with Crippen LogP contribution in [0.15, 0.2) is 0 Å². The highest BCUT2D eigenvalue weighted by molar-refractivity contribution is 5.66. The molecule has 13 heavy (non-hydrogen) atoms. The summed E-state index contributed by atoms with van der Waals surface area (Å²) in [6, 6.07) is 0. The van der Waals surface area contributed by atoms with Crippen LogP contribution in [0.5, 0.6) is 0 Å². The van der Waals surface area contributed by atoms with Crippen molar-refractivity contribution < 1.29 is 14.6 Å². The summed E-state index contributed by atoms with van der Waals surface area (Å²) in [5.41, 5.74) is -0.168. The molecule has 0 aromatic rings. The quantitative estimate of drug-likeness (QED) is 0.616. The van der Waals surface area contributed by atoms with Crippen LogP contribution >= 0.6 is 0 Å². The predicted molar refractivity (Wildman–Crippen MR) is 46.7 cm³/mol. The van der Waals surface area contributed by atoms with Gasteiger partial charge in [-0.1, -0.05) is 6.92 Å². The van der Waals surface area contributed by atoms with E-state index in [1.807, 2.05) is 0 Å². The number of nitrogens with zero attached hydrogens (tertiary/aromatic N) is 1. The Balaban J connectivity index is 2.12. The van der Waals surface area contributed by atoms with Gasteiger partial charge in [-0.3, -0.25) is 4.90 Å². The van der Waals surface area contributed by atoms with Gasteiger partial charge in [0.25, 0.3) is 0 Å². The lowest BCUT2D eigenvalue weighted by molar-refractivity contribution is -0.149. The third-order valence-corrected chi connectivity index (χ3v) is 3.14. The first-order valence-corrected chi connectivity index (χ1v) is 4.72. The Bertz CT molecular complexity index is 225. The van der Waals surface area contributed by atoms with Gasteiger partial charge in [-0.15, -0.1) is 0 Å². The maximum Gasteiger partial charge on any atom is 0.407 e. The van der Waals surface area contributed by atoms with Crippen molar-refractivity contribution in [1.29, 1.82) is 0 Å². The van der Waals surface area contributed by atoms with Crippen molar-refractivity contribution in [3.63, 3.8) is 0 Å². The van der Waals surface area contributed by atoms with Crippen molar-refractivity contribution in [1.82, 2.24) is 4.90 Å². The molecule has 4 nitrogen and oxygen atoms in total. The first-order valence-electron chi connectivity index (χ1n) is 4.72. The van der Waals surface area contributed by atoms with Crippen LogP contribution in [0.25, 0.3) is 0 Å². The third kappa shape index (κ3) is 1.29. The average Bonchev–Trinajstić information content (AvgIpc) is 2.01. The van der Waals surface area contributed by atoms with Gasteiger partial charge >= 0.3 is 6.09 Å². The van der Waals surface area contributed by atoms with E-state index in [9.17, 15) is 4.79 Å². The van der Waals surface area contributed by atoms with Gasteiger partial charge in [0.15, 0.2) is 0 Å². The Morgan fingerprint density at radius 1 is 1.62 bits per heavy atom. The first-order chi connectivity index (χ1) is 6.14. The number of carbonyl (C=O) groups is 1. The maximum absolute atomic E-state index is 11.0. The summed E-state index contributed by atoms with van der Waals surface area (Å²) in [6.45, 7) is 3.94. The summed E-state index contributed by atoms with van der Waals surface area (Å²) >= 11 is 0. The van der Waals surface area contributed by atoms with E-state index in [1.165, 1.54) is 0 Å². The monoisotopic (exact) mass is 185 g/mol. The fourth-order valence-electron chi connectivity index (χ4n) is 2.17. The van der Waals surface area contributed by atoms with E-state index in [0.29, 0.717) is 25.7 Å². The van der Waals surface area contributed by atoms with E-state index in [0.717, 1.165) is 12.8 Å². The van der Waals surface area contributed by atoms with E-state index in [-0.39, 0.29) is 5.54 Å². The number of hydrogen-bond donors (Lipinski definition) is 1. The number of rotatable bonds is 0. The van der Waals surface area contributed by atoms with Gasteiger partial charge in [-0.25, -0.2) is 4.79 Å². The SMILES string of the molecule is CC1CCC2(COC2)N(C(=O)O)C1. The molecule has 2 saturated heterocycles. The van der Waals surface area contributed by atoms with Crippen LogP contribution < -0.4 is 0 Å². The number of hydrogen-bond acceptors (Lipinski definition) is 2. The highest BCUT2D eigenvalue weighted by Gasteiger charge is 2.49. The maximum atomic E-state index is 11.0. The minimum Gasteiger partial charge on any atom is -0.465 e. The van der Waals surface area contributed by atoms with Crippen molar-refractivity contribution in [2.45, 2.75) is 25.3 Å². The van der Waals surface area contributed by atoms with E-state index in [1.54, 1.807) is 4.90 Å². The van der Waals surface area contributed by atoms with E-state index in [4.69, 9.17) is 9.84 Å². The van der Waals surface area contributed by atoms with Gasteiger partial charge in [-0.05, 0) is 18.8 Å². The normalized spacial score (nSPS) is 31.5. The molecule has 1 amide bonds. The lowest BCUT2D eigenvalue weighted by Crippen LogP contribution is -2.66. The zero-order valence-electron chi connectivity index (χ0n) is 7.82. The van der Waals surface area contributed by atoms with Crippen LogP contribution in [0, 0.1) is 5.92 Å². The summed E-state index contributed by atoms with van der Waals surface area (Å²) in [7, 11) is 0. The topological polar surface area (TPSA) is 49.8 Å². The zero-order chi connectivity index (χ0) is 9.47. The van der Waals surface area contributed by atoms with Crippen LogP contribution in [-0.4, -0.2) is 41.4 Å². The van der Waals surface area contributed by atoms with Gasteiger partial charge in [0.2, 0.25) is 0 Å². The lowest BCUT2D eigenvalue weighted by Gasteiger charge is -2.52. The second-order valence-corrected chi connectivity index (χ2v) is 4.25. The molecule has 1 atom stereocenters. The van der Waals surface area contributed by atoms with Crippen molar-refractivity contribution in [2.75, 3.05) is 19.8 Å². The van der Waals surface area contributed by atoms with Crippen molar-refractivity contribution in [3.8, 4) is 0 Å². The molecular weight excluding hydrogens is 170 g/mol. The Hall–Kier alpha value is -0.770. The summed E-state index contributed by atoms with van der Waals surface area (Å²) in [5.74, 6) is 0.488. The summed E-state index contributed by atoms with van der Waals surface area (Å²) in [6.07, 6.45) is 1.28. The first kappa shape index (κ1) is 8.81. The van der Waals surface area contributed by atoms with E-state index in [2.05, 4.69) is 6.92 Å². The largest absolute Gasteiger partial charge is 0.465 e. The van der Waals surface area contributed by atoms with Crippen LogP contribution in [-0.2, 0) is 4.74 Å². The Morgan fingerprint density at radius 2 is 2.31 bits per heavy atom. The molecule has 0 saturated carbocycles. The smallest absolute Gasteiger partial charge is 0.407 e. The molecule has 74 valence electrons. The van der Waals surface area contributed by atoms with Crippen molar-refractivity contribution in [3.05, 3.63) is 0 Å². The highest BCUT2D eigenvalue weighted by Crippen LogP contribution is 2.36. The van der Waals surface area contributed by atoms with Crippen LogP contribution in [0.2, 0.25) is 0 Å². The lowest BCUT2D eigenvalue weighted by atomic mass is 9.81. The number of ether oxygens (including phenoxy) is 1. The van der Waals surface area contributed by atoms with Gasteiger partial charge in [0.05, 0.1) is 18.8 Å². The molecule has 1 unspecified atom stereocenters. The van der Waals surface area contributed by atoms with E-state index >= 15 is 0 Å². The number of likely N-dealkylation sites (tertiary alicyclic amines) is 1. The zero-order valence-corrected chi connectivity index (χ0v) is 7.82. The molecule has 1 spiro atoms. The molecular formula is C9H15NO3. The number of piperidine rings is 1. The van der Waals surface area contributed by atoms with Gasteiger partial charge < -0.3 is 9.84 Å². The molecule has 2 aliphatic rings. The summed E-state index contributed by atoms with van der Waals surface area (Å²) in [4.78, 5) is 12.6. The fourth-order valence-corrected chi connectivity index (χ4v) is 2.17. The second kappa shape index (κ2) is 2.87. The molecule has 0 aliphatic carbocycles. The number of carboxylic acid groups (broad SMARTS) is 1. The van der Waals surface area contributed by atoms with Gasteiger partial charge in [0, 0.05) is 6.54 Å². The Kier molecular flexibility index (Phi) is 1.95. The molecule has 1 N–H and O–H groups in total. The van der Waals surface area contributed by atoms with Crippen molar-refractivity contribution >= 4 is 6.09 Å². The van der Waals surface area contributed by atoms with E-state index < -0.39 is 6.09 Å². The molecule has 0 bridgehead atoms. The Labute approximate surface area is 77.5 Å². The molecule has 0 radical (unpaired) electrons. The second-order valence-electron chi connectivity index (χ2n) is 4.25. The number of amides is 1. The van der Waals surface area contributed by atoms with Gasteiger partial charge in [0.1, 0.15) is 0 Å². The summed E-state index contributed by atoms with van der Waals surface area (Å²) in [5, 5.41) is 9.03. The van der Waals surface area contributed by atoms with Crippen LogP contribution in [0.4, 0.5) is 4.79 Å². The minimum atomic E-state index is -0.796. The standard InChI is InChI=1S/C9H15NO3/c1-7-2-3-9(5-13-6-9)10(4-7)8(11)12/h7H,2-6H2,1H3,(H,11,12). The molecule has 2 heterocycles. The van der Waals surface area contributed by atoms with Crippen LogP contribution in [0.1, 0.15) is 19.8 Å². The average molecular weight is 185 g/mol. The molecule has 4 heteroatoms. The molecule has 0 aromatic carbocycles. The molecule has 2 rings (SSSR count). The molecule has 2 fully saturated rings. The van der Waals surface area contributed by atoms with Gasteiger partial charge in [-0.2, -0.15) is 0 Å². The highest BCUT2D eigenvalue weighted by atomic mass is 16.5. The molecule has 2 aliphatic heterocycles. The minimum absolute atomic E-state index is 0.168. The Morgan fingerprint density at radius 3 is 2.77 bits per heavy atom. The predicted octanol–water partition coefficient (Wildman–Crippen LogP) is 1.17. The molecule has 0 aromatic heterocycles. The van der Waals surface area contributed by atoms with Crippen LogP contribution in [0.3, 0.4) is 0 Å².